The molecule has 0 bridgehead atoms. The number of halogens is 4. The highest BCUT2D eigenvalue weighted by Crippen LogP contribution is 2.29. The number of aliphatic hydroxyl groups is 1. The Kier molecular flexibility index (Phi) is 5.39. The molecule has 0 spiro atoms. The lowest BCUT2D eigenvalue weighted by Gasteiger charge is -2.26. The van der Waals surface area contributed by atoms with Crippen LogP contribution in [0.25, 0.3) is 0 Å². The zero-order valence-electron chi connectivity index (χ0n) is 9.75. The number of nitrogens with zero attached hydrogens (tertiary/aromatic N) is 1. The normalized spacial score (nSPS) is 11.4. The molecule has 0 aliphatic rings. The van der Waals surface area contributed by atoms with Crippen LogP contribution in [-0.2, 0) is 0 Å². The molecule has 0 amide bonds. The number of aliphatic hydroxyl groups excluding tert-OH is 1. The van der Waals surface area contributed by atoms with E-state index in [9.17, 15) is 13.2 Å². The van der Waals surface area contributed by atoms with Crippen molar-refractivity contribution < 1.29 is 18.3 Å². The van der Waals surface area contributed by atoms with Crippen LogP contribution in [-0.4, -0.2) is 36.0 Å². The molecule has 1 aromatic carbocycles. The van der Waals surface area contributed by atoms with Gasteiger partial charge in [-0.1, -0.05) is 23.8 Å². The molecule has 3 N–H and O–H groups in total. The second-order valence-electron chi connectivity index (χ2n) is 3.79. The molecule has 0 aliphatic carbocycles. The lowest BCUT2D eigenvalue weighted by Crippen LogP contribution is -2.36. The minimum atomic E-state index is -4.39. The Morgan fingerprint density at radius 2 is 2.05 bits per heavy atom. The molecule has 0 aliphatic heterocycles. The van der Waals surface area contributed by atoms with Gasteiger partial charge in [-0.3, -0.25) is 0 Å². The number of nitrogens with two attached hydrogens (primary N) is 1. The van der Waals surface area contributed by atoms with Crippen molar-refractivity contribution in [3.05, 3.63) is 28.8 Å². The molecule has 1 rings (SSSR count). The third-order valence-electron chi connectivity index (χ3n) is 2.31. The van der Waals surface area contributed by atoms with Crippen molar-refractivity contribution >= 4 is 34.5 Å². The third kappa shape index (κ3) is 4.85. The average molecular weight is 313 g/mol. The summed E-state index contributed by atoms with van der Waals surface area (Å²) in [4.78, 5) is 1.06. The Labute approximate surface area is 118 Å². The van der Waals surface area contributed by atoms with Crippen LogP contribution in [0.5, 0.6) is 0 Å². The second kappa shape index (κ2) is 6.40. The summed E-state index contributed by atoms with van der Waals surface area (Å²) < 4.78 is 37.3. The minimum absolute atomic E-state index is 0.100. The first kappa shape index (κ1) is 16.0. The molecule has 0 fully saturated rings. The highest BCUT2D eigenvalue weighted by molar-refractivity contribution is 7.80. The summed E-state index contributed by atoms with van der Waals surface area (Å²) in [5.74, 6) is 0. The zero-order chi connectivity index (χ0) is 14.6. The topological polar surface area (TPSA) is 49.5 Å². The monoisotopic (exact) mass is 312 g/mol. The van der Waals surface area contributed by atoms with E-state index in [2.05, 4.69) is 0 Å². The van der Waals surface area contributed by atoms with Crippen LogP contribution < -0.4 is 10.6 Å². The summed E-state index contributed by atoms with van der Waals surface area (Å²) >= 11 is 10.7. The number of hydrogen-bond donors (Lipinski definition) is 2. The molecule has 0 aromatic heterocycles. The summed E-state index contributed by atoms with van der Waals surface area (Å²) in [7, 11) is 0. The Morgan fingerprint density at radius 3 is 2.47 bits per heavy atom. The fraction of sp³-hybridized carbons (Fsp3) is 0.364. The van der Waals surface area contributed by atoms with Crippen LogP contribution >= 0.6 is 23.8 Å². The lowest BCUT2D eigenvalue weighted by atomic mass is 10.2. The van der Waals surface area contributed by atoms with Crippen LogP contribution in [0.15, 0.2) is 18.2 Å². The van der Waals surface area contributed by atoms with Crippen LogP contribution in [0.2, 0.25) is 5.02 Å². The van der Waals surface area contributed by atoms with Gasteiger partial charge in [0, 0.05) is 12.1 Å². The highest BCUT2D eigenvalue weighted by Gasteiger charge is 2.31. The minimum Gasteiger partial charge on any atom is -0.395 e. The van der Waals surface area contributed by atoms with E-state index in [4.69, 9.17) is 34.7 Å². The summed E-state index contributed by atoms with van der Waals surface area (Å²) in [6.45, 7) is -1.78. The zero-order valence-corrected chi connectivity index (χ0v) is 11.3. The standard InChI is InChI=1S/C11H12ClF3N2OS/c12-8-5-7(10(16)19)1-2-9(8)17(3-4-18)6-11(13,14)15/h1-2,5,18H,3-4,6H2,(H2,16,19). The van der Waals surface area contributed by atoms with Gasteiger partial charge in [0.15, 0.2) is 0 Å². The predicted molar refractivity (Wildman–Crippen MR) is 72.7 cm³/mol. The van der Waals surface area contributed by atoms with E-state index in [0.29, 0.717) is 5.56 Å². The van der Waals surface area contributed by atoms with E-state index in [1.165, 1.54) is 18.2 Å². The number of hydrogen-bond acceptors (Lipinski definition) is 3. The molecule has 8 heteroatoms. The van der Waals surface area contributed by atoms with Crippen molar-refractivity contribution in [2.24, 2.45) is 5.73 Å². The number of thiocarbonyl (C=S) groups is 1. The molecule has 0 radical (unpaired) electrons. The Balaban J connectivity index is 3.06. The van der Waals surface area contributed by atoms with E-state index in [0.717, 1.165) is 4.90 Å². The molecule has 0 atom stereocenters. The van der Waals surface area contributed by atoms with E-state index in [1.54, 1.807) is 0 Å². The van der Waals surface area contributed by atoms with Crippen molar-refractivity contribution in [1.29, 1.82) is 0 Å². The van der Waals surface area contributed by atoms with E-state index < -0.39 is 19.3 Å². The second-order valence-corrected chi connectivity index (χ2v) is 4.64. The van der Waals surface area contributed by atoms with Crippen molar-refractivity contribution in [3.8, 4) is 0 Å². The van der Waals surface area contributed by atoms with Gasteiger partial charge in [0.05, 0.1) is 17.3 Å². The molecule has 19 heavy (non-hydrogen) atoms. The van der Waals surface area contributed by atoms with E-state index in [1.807, 2.05) is 0 Å². The van der Waals surface area contributed by atoms with Crippen molar-refractivity contribution in [1.82, 2.24) is 0 Å². The molecule has 1 aromatic rings. The Hall–Kier alpha value is -1.05. The van der Waals surface area contributed by atoms with Crippen molar-refractivity contribution in [2.75, 3.05) is 24.6 Å². The van der Waals surface area contributed by atoms with Gasteiger partial charge in [0.2, 0.25) is 0 Å². The van der Waals surface area contributed by atoms with Gasteiger partial charge in [0.1, 0.15) is 11.5 Å². The fourth-order valence-corrected chi connectivity index (χ4v) is 1.97. The largest absolute Gasteiger partial charge is 0.405 e. The van der Waals surface area contributed by atoms with Gasteiger partial charge >= 0.3 is 6.18 Å². The van der Waals surface area contributed by atoms with Gasteiger partial charge in [-0.05, 0) is 18.2 Å². The molecule has 0 heterocycles. The summed E-state index contributed by atoms with van der Waals surface area (Å²) in [5.41, 5.74) is 6.05. The van der Waals surface area contributed by atoms with E-state index in [-0.39, 0.29) is 22.2 Å². The van der Waals surface area contributed by atoms with Gasteiger partial charge < -0.3 is 15.7 Å². The number of alkyl halides is 3. The molecule has 0 unspecified atom stereocenters. The summed E-state index contributed by atoms with van der Waals surface area (Å²) in [6.07, 6.45) is -4.39. The molecule has 3 nitrogen and oxygen atoms in total. The Morgan fingerprint density at radius 1 is 1.42 bits per heavy atom. The highest BCUT2D eigenvalue weighted by atomic mass is 35.5. The van der Waals surface area contributed by atoms with Crippen LogP contribution in [0.4, 0.5) is 18.9 Å². The van der Waals surface area contributed by atoms with Crippen molar-refractivity contribution in [2.45, 2.75) is 6.18 Å². The number of anilines is 1. The van der Waals surface area contributed by atoms with Gasteiger partial charge in [-0.15, -0.1) is 0 Å². The summed E-state index contributed by atoms with van der Waals surface area (Å²) in [5, 5.41) is 8.94. The smallest absolute Gasteiger partial charge is 0.395 e. The Bertz CT molecular complexity index is 468. The predicted octanol–water partition coefficient (Wildman–Crippen LogP) is 2.34. The maximum Gasteiger partial charge on any atom is 0.405 e. The van der Waals surface area contributed by atoms with Gasteiger partial charge in [0.25, 0.3) is 0 Å². The quantitative estimate of drug-likeness (QED) is 0.819. The summed E-state index contributed by atoms with van der Waals surface area (Å²) in [6, 6.07) is 4.29. The first-order chi connectivity index (χ1) is 8.74. The van der Waals surface area contributed by atoms with Crippen LogP contribution in [0.1, 0.15) is 5.56 Å². The van der Waals surface area contributed by atoms with Crippen LogP contribution in [0, 0.1) is 0 Å². The maximum atomic E-state index is 12.4. The van der Waals surface area contributed by atoms with Gasteiger partial charge in [-0.25, -0.2) is 0 Å². The van der Waals surface area contributed by atoms with Crippen LogP contribution in [0.3, 0.4) is 0 Å². The first-order valence-corrected chi connectivity index (χ1v) is 6.05. The first-order valence-electron chi connectivity index (χ1n) is 5.26. The maximum absolute atomic E-state index is 12.4. The molecular weight excluding hydrogens is 301 g/mol. The fourth-order valence-electron chi connectivity index (χ4n) is 1.54. The number of rotatable bonds is 5. The van der Waals surface area contributed by atoms with Gasteiger partial charge in [-0.2, -0.15) is 13.2 Å². The molecule has 106 valence electrons. The molecule has 0 saturated heterocycles. The molecular formula is C11H12ClF3N2OS. The number of benzene rings is 1. The lowest BCUT2D eigenvalue weighted by molar-refractivity contribution is -0.119. The average Bonchev–Trinajstić information content (AvgIpc) is 2.26. The SMILES string of the molecule is NC(=S)c1ccc(N(CCO)CC(F)(F)F)c(Cl)c1. The third-order valence-corrected chi connectivity index (χ3v) is 2.85. The van der Waals surface area contributed by atoms with E-state index >= 15 is 0 Å². The molecule has 0 saturated carbocycles. The van der Waals surface area contributed by atoms with Crippen molar-refractivity contribution in [3.63, 3.8) is 0 Å².